The molecule has 5 rings (SSSR count). The lowest BCUT2D eigenvalue weighted by Crippen LogP contribution is -1.85. The maximum atomic E-state index is 2.27. The molecule has 0 nitrogen and oxygen atoms in total. The second-order valence-electron chi connectivity index (χ2n) is 6.22. The van der Waals surface area contributed by atoms with Crippen molar-refractivity contribution in [3.8, 4) is 11.1 Å². The molecule has 0 aliphatic carbocycles. The highest BCUT2D eigenvalue weighted by Crippen LogP contribution is 2.36. The van der Waals surface area contributed by atoms with Crippen LogP contribution in [0.15, 0.2) is 97.1 Å². The molecule has 0 spiro atoms. The van der Waals surface area contributed by atoms with Gasteiger partial charge in [0.25, 0.3) is 0 Å². The van der Waals surface area contributed by atoms with E-state index in [1.54, 1.807) is 0 Å². The minimum atomic E-state index is 1.27. The lowest BCUT2D eigenvalue weighted by Gasteiger charge is -2.12. The van der Waals surface area contributed by atoms with Gasteiger partial charge in [0.05, 0.1) is 0 Å². The minimum absolute atomic E-state index is 1.27. The molecule has 24 heavy (non-hydrogen) atoms. The van der Waals surface area contributed by atoms with Gasteiger partial charge in [0, 0.05) is 0 Å². The lowest BCUT2D eigenvalue weighted by molar-refractivity contribution is 1.66. The molecule has 5 aromatic rings. The van der Waals surface area contributed by atoms with E-state index in [0.29, 0.717) is 0 Å². The number of fused-ring (bicyclic) bond motifs is 5. The van der Waals surface area contributed by atoms with Crippen molar-refractivity contribution in [1.29, 1.82) is 0 Å². The normalized spacial score (nSPS) is 11.3. The Labute approximate surface area is 141 Å². The van der Waals surface area contributed by atoms with Gasteiger partial charge in [-0.3, -0.25) is 0 Å². The second-order valence-corrected chi connectivity index (χ2v) is 6.22. The smallest absolute Gasteiger partial charge is 0.00266 e. The van der Waals surface area contributed by atoms with Gasteiger partial charge in [0.15, 0.2) is 0 Å². The molecule has 5 aromatic carbocycles. The zero-order valence-corrected chi connectivity index (χ0v) is 13.2. The van der Waals surface area contributed by atoms with Crippen LogP contribution in [0.1, 0.15) is 0 Å². The molecule has 0 fully saturated rings. The standard InChI is InChI=1S/C24H16/c1-2-7-17(8-3-1)21-12-6-10-19-14-15-22-20-11-5-4-9-18(20)13-16-23(22)24(19)21/h1-16H. The largest absolute Gasteiger partial charge is 0.0622 e. The molecular formula is C24H16. The highest BCUT2D eigenvalue weighted by atomic mass is 14.1. The first-order chi connectivity index (χ1) is 11.9. The highest BCUT2D eigenvalue weighted by molar-refractivity contribution is 6.20. The molecular weight excluding hydrogens is 288 g/mol. The Morgan fingerprint density at radius 3 is 2.00 bits per heavy atom. The zero-order chi connectivity index (χ0) is 15.9. The summed E-state index contributed by atoms with van der Waals surface area (Å²) in [6.45, 7) is 0. The third-order valence-electron chi connectivity index (χ3n) is 4.85. The van der Waals surface area contributed by atoms with Crippen molar-refractivity contribution in [3.63, 3.8) is 0 Å². The molecule has 0 heteroatoms. The molecule has 0 heterocycles. The minimum Gasteiger partial charge on any atom is -0.0622 e. The maximum absolute atomic E-state index is 2.27. The Bertz CT molecular complexity index is 1180. The van der Waals surface area contributed by atoms with Gasteiger partial charge >= 0.3 is 0 Å². The van der Waals surface area contributed by atoms with Crippen LogP contribution in [0.3, 0.4) is 0 Å². The SMILES string of the molecule is c1ccc(-c2cccc3ccc4c5ccccc5ccc4c23)cc1. The van der Waals surface area contributed by atoms with Gasteiger partial charge in [-0.15, -0.1) is 0 Å². The third-order valence-corrected chi connectivity index (χ3v) is 4.85. The number of rotatable bonds is 1. The van der Waals surface area contributed by atoms with E-state index >= 15 is 0 Å². The van der Waals surface area contributed by atoms with Gasteiger partial charge in [-0.25, -0.2) is 0 Å². The average molecular weight is 304 g/mol. The van der Waals surface area contributed by atoms with E-state index in [-0.39, 0.29) is 0 Å². The summed E-state index contributed by atoms with van der Waals surface area (Å²) in [4.78, 5) is 0. The molecule has 0 atom stereocenters. The van der Waals surface area contributed by atoms with Gasteiger partial charge < -0.3 is 0 Å². The lowest BCUT2D eigenvalue weighted by atomic mass is 9.92. The van der Waals surface area contributed by atoms with E-state index in [2.05, 4.69) is 97.1 Å². The van der Waals surface area contributed by atoms with Crippen LogP contribution in [0.4, 0.5) is 0 Å². The first-order valence-electron chi connectivity index (χ1n) is 8.30. The van der Waals surface area contributed by atoms with Gasteiger partial charge in [0.1, 0.15) is 0 Å². The van der Waals surface area contributed by atoms with E-state index in [1.807, 2.05) is 0 Å². The van der Waals surface area contributed by atoms with Gasteiger partial charge in [-0.1, -0.05) is 97.1 Å². The topological polar surface area (TPSA) is 0 Å². The fourth-order valence-corrected chi connectivity index (χ4v) is 3.73. The van der Waals surface area contributed by atoms with E-state index < -0.39 is 0 Å². The first-order valence-corrected chi connectivity index (χ1v) is 8.30. The van der Waals surface area contributed by atoms with Crippen molar-refractivity contribution >= 4 is 32.3 Å². The molecule has 0 unspecified atom stereocenters. The van der Waals surface area contributed by atoms with Crippen molar-refractivity contribution in [2.24, 2.45) is 0 Å². The van der Waals surface area contributed by atoms with Crippen molar-refractivity contribution in [1.82, 2.24) is 0 Å². The molecule has 0 saturated heterocycles. The monoisotopic (exact) mass is 304 g/mol. The van der Waals surface area contributed by atoms with E-state index in [0.717, 1.165) is 0 Å². The quantitative estimate of drug-likeness (QED) is 0.298. The van der Waals surface area contributed by atoms with Crippen LogP contribution in [0.2, 0.25) is 0 Å². The average Bonchev–Trinajstić information content (AvgIpc) is 2.67. The van der Waals surface area contributed by atoms with E-state index in [4.69, 9.17) is 0 Å². The Balaban J connectivity index is 1.99. The molecule has 0 bridgehead atoms. The van der Waals surface area contributed by atoms with E-state index in [1.165, 1.54) is 43.4 Å². The third kappa shape index (κ3) is 1.93. The van der Waals surface area contributed by atoms with Crippen LogP contribution in [0, 0.1) is 0 Å². The van der Waals surface area contributed by atoms with Crippen LogP contribution in [0.5, 0.6) is 0 Å². The van der Waals surface area contributed by atoms with Gasteiger partial charge in [-0.2, -0.15) is 0 Å². The van der Waals surface area contributed by atoms with Crippen molar-refractivity contribution in [2.45, 2.75) is 0 Å². The fraction of sp³-hybridized carbons (Fsp3) is 0. The number of benzene rings is 5. The van der Waals surface area contributed by atoms with Crippen LogP contribution in [-0.2, 0) is 0 Å². The first kappa shape index (κ1) is 13.3. The predicted molar refractivity (Wildman–Crippen MR) is 104 cm³/mol. The zero-order valence-electron chi connectivity index (χ0n) is 13.2. The predicted octanol–water partition coefficient (Wildman–Crippen LogP) is 6.81. The molecule has 112 valence electrons. The van der Waals surface area contributed by atoms with Crippen LogP contribution in [0.25, 0.3) is 43.4 Å². The molecule has 0 aromatic heterocycles. The summed E-state index contributed by atoms with van der Waals surface area (Å²) in [5.74, 6) is 0. The van der Waals surface area contributed by atoms with Crippen LogP contribution >= 0.6 is 0 Å². The summed E-state index contributed by atoms with van der Waals surface area (Å²) < 4.78 is 0. The summed E-state index contributed by atoms with van der Waals surface area (Å²) in [5.41, 5.74) is 2.57. The summed E-state index contributed by atoms with van der Waals surface area (Å²) in [6, 6.07) is 34.9. The van der Waals surface area contributed by atoms with E-state index in [9.17, 15) is 0 Å². The number of hydrogen-bond acceptors (Lipinski definition) is 0. The highest BCUT2D eigenvalue weighted by Gasteiger charge is 2.09. The molecule has 0 saturated carbocycles. The second kappa shape index (κ2) is 5.21. The Hall–Kier alpha value is -3.12. The summed E-state index contributed by atoms with van der Waals surface area (Å²) in [5, 5.41) is 7.89. The summed E-state index contributed by atoms with van der Waals surface area (Å²) >= 11 is 0. The molecule has 0 amide bonds. The van der Waals surface area contributed by atoms with Crippen molar-refractivity contribution < 1.29 is 0 Å². The Morgan fingerprint density at radius 2 is 1.08 bits per heavy atom. The van der Waals surface area contributed by atoms with Gasteiger partial charge in [0.2, 0.25) is 0 Å². The van der Waals surface area contributed by atoms with Gasteiger partial charge in [-0.05, 0) is 43.4 Å². The molecule has 0 aliphatic heterocycles. The number of hydrogen-bond donors (Lipinski definition) is 0. The van der Waals surface area contributed by atoms with Crippen LogP contribution in [-0.4, -0.2) is 0 Å². The summed E-state index contributed by atoms with van der Waals surface area (Å²) in [7, 11) is 0. The fourth-order valence-electron chi connectivity index (χ4n) is 3.73. The maximum Gasteiger partial charge on any atom is -0.00266 e. The molecule has 0 aliphatic rings. The van der Waals surface area contributed by atoms with Crippen LogP contribution < -0.4 is 0 Å². The molecule has 0 N–H and O–H groups in total. The van der Waals surface area contributed by atoms with Crippen molar-refractivity contribution in [3.05, 3.63) is 97.1 Å². The molecule has 0 radical (unpaired) electrons. The summed E-state index contributed by atoms with van der Waals surface area (Å²) in [6.07, 6.45) is 0. The van der Waals surface area contributed by atoms with Crippen molar-refractivity contribution in [2.75, 3.05) is 0 Å². The Morgan fingerprint density at radius 1 is 0.375 bits per heavy atom. The Kier molecular flexibility index (Phi) is 2.89.